The van der Waals surface area contributed by atoms with Gasteiger partial charge < -0.3 is 14.7 Å². The Hall–Kier alpha value is -3.15. The van der Waals surface area contributed by atoms with Gasteiger partial charge in [-0.1, -0.05) is 48.5 Å². The minimum Gasteiger partial charge on any atom is -0.368 e. The van der Waals surface area contributed by atoms with Gasteiger partial charge in [-0.15, -0.1) is 5.10 Å². The second-order valence-corrected chi connectivity index (χ2v) is 6.77. The molecule has 0 N–H and O–H groups in total. The molecule has 27 heavy (non-hydrogen) atoms. The smallest absolute Gasteiger partial charge is 0.247 e. The van der Waals surface area contributed by atoms with E-state index in [2.05, 4.69) is 62.5 Å². The third kappa shape index (κ3) is 4.16. The summed E-state index contributed by atoms with van der Waals surface area (Å²) in [6.07, 6.45) is 1.76. The average Bonchev–Trinajstić information content (AvgIpc) is 2.75. The molecule has 0 radical (unpaired) electrons. The predicted octanol–water partition coefficient (Wildman–Crippen LogP) is 2.83. The fraction of sp³-hybridized carbons (Fsp3) is 0.286. The number of hydrogen-bond donors (Lipinski definition) is 0. The highest BCUT2D eigenvalue weighted by molar-refractivity contribution is 5.49. The number of nitrogens with zero attached hydrogens (tertiary/aromatic N) is 6. The molecule has 6 nitrogen and oxygen atoms in total. The van der Waals surface area contributed by atoms with E-state index in [0.717, 1.165) is 38.5 Å². The maximum Gasteiger partial charge on any atom is 0.247 e. The van der Waals surface area contributed by atoms with Gasteiger partial charge in [0.1, 0.15) is 0 Å². The molecule has 1 fully saturated rings. The molecule has 0 saturated carbocycles. The number of para-hydroxylation sites is 1. The largest absolute Gasteiger partial charge is 0.368 e. The summed E-state index contributed by atoms with van der Waals surface area (Å²) in [6, 6.07) is 20.9. The first kappa shape index (κ1) is 17.3. The number of hydrogen-bond acceptors (Lipinski definition) is 6. The van der Waals surface area contributed by atoms with Crippen LogP contribution in [0.2, 0.25) is 0 Å². The molecule has 3 aromatic rings. The monoisotopic (exact) mass is 360 g/mol. The molecular weight excluding hydrogens is 336 g/mol. The van der Waals surface area contributed by atoms with Crippen molar-refractivity contribution in [2.45, 2.75) is 6.54 Å². The fourth-order valence-corrected chi connectivity index (χ4v) is 3.36. The molecule has 0 amide bonds. The third-order valence-corrected chi connectivity index (χ3v) is 4.86. The third-order valence-electron chi connectivity index (χ3n) is 4.86. The van der Waals surface area contributed by atoms with Crippen molar-refractivity contribution in [2.75, 3.05) is 47.9 Å². The van der Waals surface area contributed by atoms with Gasteiger partial charge in [0.25, 0.3) is 0 Å². The summed E-state index contributed by atoms with van der Waals surface area (Å²) >= 11 is 0. The van der Waals surface area contributed by atoms with Crippen LogP contribution in [-0.4, -0.2) is 48.4 Å². The molecule has 0 spiro atoms. The van der Waals surface area contributed by atoms with Crippen LogP contribution in [0.25, 0.3) is 0 Å². The van der Waals surface area contributed by atoms with E-state index in [0.29, 0.717) is 5.95 Å². The van der Waals surface area contributed by atoms with Gasteiger partial charge in [0.15, 0.2) is 5.82 Å². The molecule has 1 aliphatic heterocycles. The SMILES string of the molecule is CN(Cc1ccccc1)c1nncc(N2CCN(c3ccccc3)CC2)n1. The van der Waals surface area contributed by atoms with E-state index in [9.17, 15) is 0 Å². The summed E-state index contributed by atoms with van der Waals surface area (Å²) in [4.78, 5) is 11.5. The Morgan fingerprint density at radius 2 is 1.48 bits per heavy atom. The Morgan fingerprint density at radius 3 is 2.19 bits per heavy atom. The zero-order valence-electron chi connectivity index (χ0n) is 15.6. The van der Waals surface area contributed by atoms with E-state index in [4.69, 9.17) is 4.98 Å². The second kappa shape index (κ2) is 8.03. The van der Waals surface area contributed by atoms with Crippen molar-refractivity contribution in [3.05, 3.63) is 72.4 Å². The van der Waals surface area contributed by atoms with Crippen molar-refractivity contribution in [1.29, 1.82) is 0 Å². The molecule has 0 atom stereocenters. The first-order valence-corrected chi connectivity index (χ1v) is 9.29. The van der Waals surface area contributed by atoms with Crippen LogP contribution in [-0.2, 0) is 6.54 Å². The van der Waals surface area contributed by atoms with Gasteiger partial charge >= 0.3 is 0 Å². The van der Waals surface area contributed by atoms with Crippen molar-refractivity contribution < 1.29 is 0 Å². The molecule has 0 unspecified atom stereocenters. The van der Waals surface area contributed by atoms with Gasteiger partial charge in [0, 0.05) is 45.5 Å². The maximum absolute atomic E-state index is 4.75. The van der Waals surface area contributed by atoms with Crippen molar-refractivity contribution in [3.8, 4) is 0 Å². The highest BCUT2D eigenvalue weighted by Crippen LogP contribution is 2.20. The zero-order chi connectivity index (χ0) is 18.5. The summed E-state index contributed by atoms with van der Waals surface area (Å²) in [6.45, 7) is 4.56. The average molecular weight is 360 g/mol. The molecule has 4 rings (SSSR count). The standard InChI is InChI=1S/C21H24N6/c1-25(17-18-8-4-2-5-9-18)21-23-20(16-22-24-21)27-14-12-26(13-15-27)19-10-6-3-7-11-19/h2-11,16H,12-15,17H2,1H3. The van der Waals surface area contributed by atoms with Crippen LogP contribution < -0.4 is 14.7 Å². The van der Waals surface area contributed by atoms with Crippen LogP contribution in [0.5, 0.6) is 0 Å². The summed E-state index contributed by atoms with van der Waals surface area (Å²) in [7, 11) is 2.00. The van der Waals surface area contributed by atoms with E-state index in [1.807, 2.05) is 30.1 Å². The lowest BCUT2D eigenvalue weighted by Gasteiger charge is -2.36. The zero-order valence-corrected chi connectivity index (χ0v) is 15.6. The maximum atomic E-state index is 4.75. The number of benzene rings is 2. The van der Waals surface area contributed by atoms with Gasteiger partial charge in [-0.05, 0) is 17.7 Å². The van der Waals surface area contributed by atoms with Crippen LogP contribution in [0.3, 0.4) is 0 Å². The Kier molecular flexibility index (Phi) is 5.14. The number of piperazine rings is 1. The van der Waals surface area contributed by atoms with Crippen molar-refractivity contribution in [1.82, 2.24) is 15.2 Å². The molecule has 6 heteroatoms. The summed E-state index contributed by atoms with van der Waals surface area (Å²) in [5.74, 6) is 1.55. The van der Waals surface area contributed by atoms with Crippen molar-refractivity contribution in [2.24, 2.45) is 0 Å². The number of anilines is 3. The first-order valence-electron chi connectivity index (χ1n) is 9.29. The Morgan fingerprint density at radius 1 is 0.852 bits per heavy atom. The molecule has 1 saturated heterocycles. The lowest BCUT2D eigenvalue weighted by atomic mass is 10.2. The van der Waals surface area contributed by atoms with E-state index < -0.39 is 0 Å². The van der Waals surface area contributed by atoms with Gasteiger partial charge in [0.2, 0.25) is 5.95 Å². The van der Waals surface area contributed by atoms with Crippen LogP contribution in [0.4, 0.5) is 17.5 Å². The molecule has 2 aromatic carbocycles. The van der Waals surface area contributed by atoms with Crippen molar-refractivity contribution >= 4 is 17.5 Å². The molecule has 0 aliphatic carbocycles. The highest BCUT2D eigenvalue weighted by atomic mass is 15.4. The van der Waals surface area contributed by atoms with Crippen LogP contribution in [0.15, 0.2) is 66.9 Å². The molecule has 138 valence electrons. The van der Waals surface area contributed by atoms with Crippen LogP contribution in [0, 0.1) is 0 Å². The Balaban J connectivity index is 1.41. The first-order chi connectivity index (χ1) is 13.3. The van der Waals surface area contributed by atoms with Gasteiger partial charge in [-0.2, -0.15) is 10.1 Å². The number of rotatable bonds is 5. The van der Waals surface area contributed by atoms with Crippen LogP contribution in [0.1, 0.15) is 5.56 Å². The lowest BCUT2D eigenvalue weighted by molar-refractivity contribution is 0.643. The van der Waals surface area contributed by atoms with Gasteiger partial charge in [-0.25, -0.2) is 0 Å². The molecule has 2 heterocycles. The Labute approximate surface area is 160 Å². The quantitative estimate of drug-likeness (QED) is 0.697. The van der Waals surface area contributed by atoms with E-state index in [-0.39, 0.29) is 0 Å². The van der Waals surface area contributed by atoms with E-state index in [1.54, 1.807) is 6.20 Å². The van der Waals surface area contributed by atoms with E-state index in [1.165, 1.54) is 11.3 Å². The minimum absolute atomic E-state index is 0.654. The molecule has 0 bridgehead atoms. The molecule has 1 aromatic heterocycles. The molecule has 1 aliphatic rings. The Bertz CT molecular complexity index is 847. The summed E-state index contributed by atoms with van der Waals surface area (Å²) < 4.78 is 0. The number of aromatic nitrogens is 3. The van der Waals surface area contributed by atoms with Crippen molar-refractivity contribution in [3.63, 3.8) is 0 Å². The summed E-state index contributed by atoms with van der Waals surface area (Å²) in [5.41, 5.74) is 2.51. The summed E-state index contributed by atoms with van der Waals surface area (Å²) in [5, 5.41) is 8.41. The fourth-order valence-electron chi connectivity index (χ4n) is 3.36. The predicted molar refractivity (Wildman–Crippen MR) is 109 cm³/mol. The van der Waals surface area contributed by atoms with E-state index >= 15 is 0 Å². The van der Waals surface area contributed by atoms with Crippen LogP contribution >= 0.6 is 0 Å². The van der Waals surface area contributed by atoms with Gasteiger partial charge in [0.05, 0.1) is 6.20 Å². The van der Waals surface area contributed by atoms with Gasteiger partial charge in [-0.3, -0.25) is 0 Å². The topological polar surface area (TPSA) is 48.4 Å². The lowest BCUT2D eigenvalue weighted by Crippen LogP contribution is -2.47. The molecular formula is C21H24N6. The minimum atomic E-state index is 0.654. The second-order valence-electron chi connectivity index (χ2n) is 6.77. The highest BCUT2D eigenvalue weighted by Gasteiger charge is 2.19. The normalized spacial score (nSPS) is 14.3.